The third kappa shape index (κ3) is 5.67. The Morgan fingerprint density at radius 3 is 2.14 bits per heavy atom. The summed E-state index contributed by atoms with van der Waals surface area (Å²) in [5, 5.41) is 2.62. The minimum atomic E-state index is -1.20. The smallest absolute Gasteiger partial charge is 0.408 e. The normalized spacial score (nSPS) is 13.9. The van der Waals surface area contributed by atoms with Gasteiger partial charge in [0, 0.05) is 10.9 Å². The average Bonchev–Trinajstić information content (AvgIpc) is 2.38. The summed E-state index contributed by atoms with van der Waals surface area (Å²) in [6.45, 7) is 6.90. The highest BCUT2D eigenvalue weighted by Gasteiger charge is 2.37. The number of methoxy groups -OCH3 is 1. The number of nitrogens with one attached hydrogen (secondary N) is 1. The zero-order chi connectivity index (χ0) is 17.0. The number of carbonyl (C=O) groups excluding carboxylic acids is 2. The number of esters is 1. The molecule has 6 heteroatoms. The van der Waals surface area contributed by atoms with Gasteiger partial charge in [-0.25, -0.2) is 9.59 Å². The van der Waals surface area contributed by atoms with Crippen molar-refractivity contribution in [2.45, 2.75) is 45.3 Å². The van der Waals surface area contributed by atoms with Gasteiger partial charge in [0.15, 0.2) is 0 Å². The quantitative estimate of drug-likeness (QED) is 0.823. The largest absolute Gasteiger partial charge is 0.467 e. The molecule has 22 heavy (non-hydrogen) atoms. The Bertz CT molecular complexity index is 536. The summed E-state index contributed by atoms with van der Waals surface area (Å²) in [4.78, 5) is 24.1. The molecule has 0 heterocycles. The molecule has 0 saturated carbocycles. The van der Waals surface area contributed by atoms with E-state index in [1.54, 1.807) is 27.7 Å². The molecule has 0 saturated heterocycles. The summed E-state index contributed by atoms with van der Waals surface area (Å²) in [7, 11) is 1.29. The highest BCUT2D eigenvalue weighted by molar-refractivity contribution is 9.10. The van der Waals surface area contributed by atoms with Crippen LogP contribution >= 0.6 is 15.9 Å². The number of ether oxygens (including phenoxy) is 2. The molecule has 0 aliphatic rings. The molecular weight excluding hydrogens is 350 g/mol. The number of benzene rings is 1. The second kappa shape index (κ2) is 7.13. The summed E-state index contributed by atoms with van der Waals surface area (Å²) in [6.07, 6.45) is -0.357. The number of halogens is 1. The highest BCUT2D eigenvalue weighted by Crippen LogP contribution is 2.19. The Labute approximate surface area is 139 Å². The van der Waals surface area contributed by atoms with Crippen LogP contribution in [0.2, 0.25) is 0 Å². The Balaban J connectivity index is 2.92. The van der Waals surface area contributed by atoms with Crippen LogP contribution in [0.1, 0.15) is 33.3 Å². The topological polar surface area (TPSA) is 64.6 Å². The fourth-order valence-corrected chi connectivity index (χ4v) is 2.20. The van der Waals surface area contributed by atoms with E-state index >= 15 is 0 Å². The summed E-state index contributed by atoms with van der Waals surface area (Å²) in [6, 6.07) is 7.51. The standard InChI is InChI=1S/C16H22BrNO4/c1-15(2,3)22-14(20)18-16(4,13(19)21-5)10-11-6-8-12(17)9-7-11/h6-9H,10H2,1-5H3,(H,18,20)/t16-/m1/s1. The monoisotopic (exact) mass is 371 g/mol. The van der Waals surface area contributed by atoms with E-state index in [9.17, 15) is 9.59 Å². The first-order valence-electron chi connectivity index (χ1n) is 6.90. The van der Waals surface area contributed by atoms with Gasteiger partial charge in [0.2, 0.25) is 0 Å². The Hall–Kier alpha value is -1.56. The van der Waals surface area contributed by atoms with E-state index in [2.05, 4.69) is 21.2 Å². The maximum absolute atomic E-state index is 12.1. The number of alkyl carbamates (subject to hydrolysis) is 1. The van der Waals surface area contributed by atoms with Crippen LogP contribution in [0.25, 0.3) is 0 Å². The molecule has 0 aromatic heterocycles. The van der Waals surface area contributed by atoms with E-state index in [1.165, 1.54) is 7.11 Å². The van der Waals surface area contributed by atoms with Gasteiger partial charge in [0.05, 0.1) is 7.11 Å². The van der Waals surface area contributed by atoms with Crippen molar-refractivity contribution in [3.05, 3.63) is 34.3 Å². The molecule has 1 atom stereocenters. The predicted molar refractivity (Wildman–Crippen MR) is 87.6 cm³/mol. The molecule has 1 N–H and O–H groups in total. The van der Waals surface area contributed by atoms with Crippen LogP contribution in [0.3, 0.4) is 0 Å². The Morgan fingerprint density at radius 1 is 1.14 bits per heavy atom. The van der Waals surface area contributed by atoms with Crippen molar-refractivity contribution in [2.24, 2.45) is 0 Å². The van der Waals surface area contributed by atoms with Crippen LogP contribution in [0.5, 0.6) is 0 Å². The second-order valence-electron chi connectivity index (χ2n) is 6.25. The van der Waals surface area contributed by atoms with E-state index in [1.807, 2.05) is 24.3 Å². The van der Waals surface area contributed by atoms with Gasteiger partial charge in [-0.2, -0.15) is 0 Å². The third-order valence-electron chi connectivity index (χ3n) is 2.88. The molecule has 1 aromatic carbocycles. The molecule has 0 spiro atoms. The fourth-order valence-electron chi connectivity index (χ4n) is 1.93. The van der Waals surface area contributed by atoms with E-state index in [-0.39, 0.29) is 0 Å². The zero-order valence-corrected chi connectivity index (χ0v) is 15.1. The molecular formula is C16H22BrNO4. The van der Waals surface area contributed by atoms with Gasteiger partial charge in [0.1, 0.15) is 11.1 Å². The van der Waals surface area contributed by atoms with Crippen LogP contribution < -0.4 is 5.32 Å². The van der Waals surface area contributed by atoms with Crippen LogP contribution in [0.15, 0.2) is 28.7 Å². The lowest BCUT2D eigenvalue weighted by Gasteiger charge is -2.29. The van der Waals surface area contributed by atoms with Crippen molar-refractivity contribution in [3.63, 3.8) is 0 Å². The fraction of sp³-hybridized carbons (Fsp3) is 0.500. The Morgan fingerprint density at radius 2 is 1.68 bits per heavy atom. The number of hydrogen-bond donors (Lipinski definition) is 1. The molecule has 1 aromatic rings. The lowest BCUT2D eigenvalue weighted by atomic mass is 9.93. The molecule has 0 aliphatic carbocycles. The van der Waals surface area contributed by atoms with Crippen molar-refractivity contribution < 1.29 is 19.1 Å². The van der Waals surface area contributed by atoms with Gasteiger partial charge in [-0.3, -0.25) is 0 Å². The van der Waals surface area contributed by atoms with Gasteiger partial charge >= 0.3 is 12.1 Å². The van der Waals surface area contributed by atoms with E-state index in [0.717, 1.165) is 10.0 Å². The molecule has 1 rings (SSSR count). The maximum Gasteiger partial charge on any atom is 0.408 e. The first kappa shape index (κ1) is 18.5. The summed E-state index contributed by atoms with van der Waals surface area (Å²) in [5.74, 6) is -0.527. The number of carbonyl (C=O) groups is 2. The minimum absolute atomic E-state index is 0.298. The lowest BCUT2D eigenvalue weighted by molar-refractivity contribution is -0.147. The second-order valence-corrected chi connectivity index (χ2v) is 7.17. The van der Waals surface area contributed by atoms with Crippen molar-refractivity contribution in [3.8, 4) is 0 Å². The van der Waals surface area contributed by atoms with Crippen LogP contribution in [0.4, 0.5) is 4.79 Å². The van der Waals surface area contributed by atoms with Crippen molar-refractivity contribution in [1.82, 2.24) is 5.32 Å². The minimum Gasteiger partial charge on any atom is -0.467 e. The number of amides is 1. The number of rotatable bonds is 4. The number of hydrogen-bond acceptors (Lipinski definition) is 4. The summed E-state index contributed by atoms with van der Waals surface area (Å²) >= 11 is 3.36. The van der Waals surface area contributed by atoms with Gasteiger partial charge in [-0.15, -0.1) is 0 Å². The van der Waals surface area contributed by atoms with Crippen molar-refractivity contribution in [2.75, 3.05) is 7.11 Å². The third-order valence-corrected chi connectivity index (χ3v) is 3.41. The van der Waals surface area contributed by atoms with Gasteiger partial charge in [-0.1, -0.05) is 28.1 Å². The summed E-state index contributed by atoms with van der Waals surface area (Å²) < 4.78 is 11.0. The predicted octanol–water partition coefficient (Wildman–Crippen LogP) is 3.45. The van der Waals surface area contributed by atoms with Crippen LogP contribution in [-0.2, 0) is 20.7 Å². The van der Waals surface area contributed by atoms with Gasteiger partial charge < -0.3 is 14.8 Å². The molecule has 0 fully saturated rings. The molecule has 1 amide bonds. The van der Waals surface area contributed by atoms with Crippen LogP contribution in [-0.4, -0.2) is 30.3 Å². The molecule has 0 unspecified atom stereocenters. The lowest BCUT2D eigenvalue weighted by Crippen LogP contribution is -2.55. The van der Waals surface area contributed by atoms with E-state index in [4.69, 9.17) is 9.47 Å². The first-order valence-corrected chi connectivity index (χ1v) is 7.69. The van der Waals surface area contributed by atoms with Crippen LogP contribution in [0, 0.1) is 0 Å². The SMILES string of the molecule is COC(=O)[C@@](C)(Cc1ccc(Br)cc1)NC(=O)OC(C)(C)C. The van der Waals surface area contributed by atoms with Gasteiger partial charge in [-0.05, 0) is 45.4 Å². The van der Waals surface area contributed by atoms with E-state index < -0.39 is 23.2 Å². The molecule has 122 valence electrons. The maximum atomic E-state index is 12.1. The van der Waals surface area contributed by atoms with Gasteiger partial charge in [0.25, 0.3) is 0 Å². The first-order chi connectivity index (χ1) is 10.1. The molecule has 5 nitrogen and oxygen atoms in total. The molecule has 0 bridgehead atoms. The van der Waals surface area contributed by atoms with Crippen molar-refractivity contribution in [1.29, 1.82) is 0 Å². The zero-order valence-electron chi connectivity index (χ0n) is 13.5. The molecule has 0 radical (unpaired) electrons. The highest BCUT2D eigenvalue weighted by atomic mass is 79.9. The molecule has 0 aliphatic heterocycles. The van der Waals surface area contributed by atoms with E-state index in [0.29, 0.717) is 6.42 Å². The average molecular weight is 372 g/mol. The van der Waals surface area contributed by atoms with Crippen molar-refractivity contribution >= 4 is 28.0 Å². The summed E-state index contributed by atoms with van der Waals surface area (Å²) in [5.41, 5.74) is -0.948. The Kier molecular flexibility index (Phi) is 6.00.